The summed E-state index contributed by atoms with van der Waals surface area (Å²) in [6.07, 6.45) is 5.43. The summed E-state index contributed by atoms with van der Waals surface area (Å²) in [6, 6.07) is 15.6. The van der Waals surface area contributed by atoms with Crippen molar-refractivity contribution in [2.45, 2.75) is 19.8 Å². The molecular formula is C22H21BrN2O2S. The van der Waals surface area contributed by atoms with E-state index in [-0.39, 0.29) is 5.91 Å². The Kier molecular flexibility index (Phi) is 7.39. The molecule has 28 heavy (non-hydrogen) atoms. The second-order valence-corrected chi connectivity index (χ2v) is 7.91. The molecule has 0 saturated carbocycles. The summed E-state index contributed by atoms with van der Waals surface area (Å²) in [5.74, 6) is 0.637. The maximum absolute atomic E-state index is 12.2. The average molecular weight is 457 g/mol. The third-order valence-corrected chi connectivity index (χ3v) is 5.23. The summed E-state index contributed by atoms with van der Waals surface area (Å²) in [5.41, 5.74) is 2.79. The van der Waals surface area contributed by atoms with Gasteiger partial charge in [-0.3, -0.25) is 10.1 Å². The number of hydrogen-bond donors (Lipinski definition) is 1. The van der Waals surface area contributed by atoms with Crippen molar-refractivity contribution in [3.05, 3.63) is 70.0 Å². The summed E-state index contributed by atoms with van der Waals surface area (Å²) < 4.78 is 6.66. The highest BCUT2D eigenvalue weighted by molar-refractivity contribution is 9.10. The number of ether oxygens (including phenoxy) is 1. The van der Waals surface area contributed by atoms with Gasteiger partial charge in [0.25, 0.3) is 0 Å². The number of thiazole rings is 1. The second-order valence-electron chi connectivity index (χ2n) is 6.14. The summed E-state index contributed by atoms with van der Waals surface area (Å²) in [4.78, 5) is 16.6. The van der Waals surface area contributed by atoms with Crippen molar-refractivity contribution in [1.29, 1.82) is 0 Å². The first kappa shape index (κ1) is 20.3. The number of halogens is 1. The number of aromatic nitrogens is 1. The number of unbranched alkanes of at least 4 members (excludes halogenated alkanes) is 1. The van der Waals surface area contributed by atoms with Crippen molar-refractivity contribution in [1.82, 2.24) is 4.98 Å². The summed E-state index contributed by atoms with van der Waals surface area (Å²) in [6.45, 7) is 2.86. The highest BCUT2D eigenvalue weighted by Gasteiger charge is 2.06. The Morgan fingerprint density at radius 2 is 1.93 bits per heavy atom. The zero-order chi connectivity index (χ0) is 19.8. The van der Waals surface area contributed by atoms with Crippen molar-refractivity contribution >= 4 is 44.4 Å². The average Bonchev–Trinajstić information content (AvgIpc) is 3.16. The zero-order valence-electron chi connectivity index (χ0n) is 15.5. The number of anilines is 1. The van der Waals surface area contributed by atoms with Crippen molar-refractivity contribution in [2.75, 3.05) is 11.9 Å². The van der Waals surface area contributed by atoms with Crippen LogP contribution in [0.5, 0.6) is 5.75 Å². The molecule has 1 N–H and O–H groups in total. The number of carbonyl (C=O) groups is 1. The number of benzene rings is 2. The number of nitrogens with one attached hydrogen (secondary N) is 1. The minimum absolute atomic E-state index is 0.208. The molecule has 0 spiro atoms. The van der Waals surface area contributed by atoms with E-state index in [4.69, 9.17) is 4.74 Å². The fourth-order valence-electron chi connectivity index (χ4n) is 2.41. The van der Waals surface area contributed by atoms with Crippen molar-refractivity contribution in [3.8, 4) is 17.0 Å². The number of rotatable bonds is 8. The predicted octanol–water partition coefficient (Wildman–Crippen LogP) is 6.40. The van der Waals surface area contributed by atoms with Gasteiger partial charge in [0, 0.05) is 21.5 Å². The van der Waals surface area contributed by atoms with Gasteiger partial charge in [0.2, 0.25) is 5.91 Å². The minimum Gasteiger partial charge on any atom is -0.494 e. The van der Waals surface area contributed by atoms with E-state index in [1.54, 1.807) is 6.08 Å². The molecule has 3 aromatic rings. The van der Waals surface area contributed by atoms with Crippen LogP contribution < -0.4 is 10.1 Å². The Balaban J connectivity index is 1.54. The monoisotopic (exact) mass is 456 g/mol. The lowest BCUT2D eigenvalue weighted by molar-refractivity contribution is -0.111. The lowest BCUT2D eigenvalue weighted by Gasteiger charge is -2.05. The first-order valence-corrected chi connectivity index (χ1v) is 10.7. The maximum Gasteiger partial charge on any atom is 0.250 e. The molecule has 0 fully saturated rings. The summed E-state index contributed by atoms with van der Waals surface area (Å²) in [5, 5.41) is 5.31. The predicted molar refractivity (Wildman–Crippen MR) is 120 cm³/mol. The topological polar surface area (TPSA) is 51.2 Å². The number of hydrogen-bond acceptors (Lipinski definition) is 4. The van der Waals surface area contributed by atoms with Gasteiger partial charge in [0.05, 0.1) is 12.3 Å². The molecule has 0 radical (unpaired) electrons. The van der Waals surface area contributed by atoms with Crippen LogP contribution in [0, 0.1) is 0 Å². The molecule has 144 valence electrons. The standard InChI is InChI=1S/C22H21BrN2O2S/c1-2-3-14-27-19-11-4-16(5-12-19)6-13-21(26)25-22-24-20(15-28-22)17-7-9-18(23)10-8-17/h4-13,15H,2-3,14H2,1H3,(H,24,25,26)/b13-6+. The van der Waals surface area contributed by atoms with E-state index in [1.165, 1.54) is 17.4 Å². The largest absolute Gasteiger partial charge is 0.494 e. The van der Waals surface area contributed by atoms with Gasteiger partial charge in [0.1, 0.15) is 5.75 Å². The van der Waals surface area contributed by atoms with Crippen LogP contribution in [0.15, 0.2) is 64.5 Å². The molecule has 6 heteroatoms. The van der Waals surface area contributed by atoms with Crippen molar-refractivity contribution in [3.63, 3.8) is 0 Å². The van der Waals surface area contributed by atoms with E-state index < -0.39 is 0 Å². The first-order chi connectivity index (χ1) is 13.6. The molecule has 1 aromatic heterocycles. The molecule has 1 heterocycles. The Bertz CT molecular complexity index is 934. The van der Waals surface area contributed by atoms with E-state index in [0.29, 0.717) is 5.13 Å². The van der Waals surface area contributed by atoms with E-state index in [2.05, 4.69) is 33.2 Å². The number of carbonyl (C=O) groups excluding carboxylic acids is 1. The van der Waals surface area contributed by atoms with Gasteiger partial charge >= 0.3 is 0 Å². The fourth-order valence-corrected chi connectivity index (χ4v) is 3.40. The minimum atomic E-state index is -0.208. The van der Waals surface area contributed by atoms with Gasteiger partial charge in [-0.15, -0.1) is 11.3 Å². The van der Waals surface area contributed by atoms with Crippen LogP contribution in [-0.2, 0) is 4.79 Å². The van der Waals surface area contributed by atoms with Crippen LogP contribution in [-0.4, -0.2) is 17.5 Å². The van der Waals surface area contributed by atoms with Crippen LogP contribution in [0.4, 0.5) is 5.13 Å². The smallest absolute Gasteiger partial charge is 0.250 e. The fraction of sp³-hybridized carbons (Fsp3) is 0.182. The molecule has 3 rings (SSSR count). The molecule has 0 aliphatic carbocycles. The number of nitrogens with zero attached hydrogens (tertiary/aromatic N) is 1. The molecule has 0 unspecified atom stereocenters. The van der Waals surface area contributed by atoms with E-state index in [1.807, 2.05) is 53.9 Å². The lowest BCUT2D eigenvalue weighted by atomic mass is 10.2. The molecular weight excluding hydrogens is 436 g/mol. The van der Waals surface area contributed by atoms with E-state index in [9.17, 15) is 4.79 Å². The van der Waals surface area contributed by atoms with Gasteiger partial charge in [-0.05, 0) is 42.3 Å². The van der Waals surface area contributed by atoms with Gasteiger partial charge in [-0.2, -0.15) is 0 Å². The highest BCUT2D eigenvalue weighted by Crippen LogP contribution is 2.26. The van der Waals surface area contributed by atoms with Crippen LogP contribution in [0.3, 0.4) is 0 Å². The molecule has 0 saturated heterocycles. The lowest BCUT2D eigenvalue weighted by Crippen LogP contribution is -2.07. The summed E-state index contributed by atoms with van der Waals surface area (Å²) in [7, 11) is 0. The zero-order valence-corrected chi connectivity index (χ0v) is 17.9. The molecule has 0 aliphatic heterocycles. The van der Waals surface area contributed by atoms with Crippen molar-refractivity contribution < 1.29 is 9.53 Å². The molecule has 2 aromatic carbocycles. The van der Waals surface area contributed by atoms with Gasteiger partial charge in [-0.1, -0.05) is 53.5 Å². The van der Waals surface area contributed by atoms with Crippen LogP contribution in [0.2, 0.25) is 0 Å². The Morgan fingerprint density at radius 3 is 2.64 bits per heavy atom. The normalized spacial score (nSPS) is 10.9. The van der Waals surface area contributed by atoms with Crippen LogP contribution >= 0.6 is 27.3 Å². The first-order valence-electron chi connectivity index (χ1n) is 9.07. The quantitative estimate of drug-likeness (QED) is 0.314. The molecule has 0 bridgehead atoms. The Morgan fingerprint density at radius 1 is 1.18 bits per heavy atom. The molecule has 0 atom stereocenters. The van der Waals surface area contributed by atoms with Crippen LogP contribution in [0.25, 0.3) is 17.3 Å². The molecule has 0 aliphatic rings. The Hall–Kier alpha value is -2.44. The molecule has 4 nitrogen and oxygen atoms in total. The van der Waals surface area contributed by atoms with Crippen LogP contribution in [0.1, 0.15) is 25.3 Å². The van der Waals surface area contributed by atoms with E-state index >= 15 is 0 Å². The van der Waals surface area contributed by atoms with Gasteiger partial charge in [-0.25, -0.2) is 4.98 Å². The molecule has 1 amide bonds. The Labute approximate surface area is 177 Å². The highest BCUT2D eigenvalue weighted by atomic mass is 79.9. The third-order valence-electron chi connectivity index (χ3n) is 3.95. The van der Waals surface area contributed by atoms with E-state index in [0.717, 1.165) is 46.5 Å². The maximum atomic E-state index is 12.2. The summed E-state index contributed by atoms with van der Waals surface area (Å²) >= 11 is 4.83. The van der Waals surface area contributed by atoms with Gasteiger partial charge in [0.15, 0.2) is 5.13 Å². The third kappa shape index (κ3) is 6.04. The number of amides is 1. The second kappa shape index (κ2) is 10.2. The van der Waals surface area contributed by atoms with Gasteiger partial charge < -0.3 is 4.74 Å². The van der Waals surface area contributed by atoms with Crippen molar-refractivity contribution in [2.24, 2.45) is 0 Å². The SMILES string of the molecule is CCCCOc1ccc(/C=C/C(=O)Nc2nc(-c3ccc(Br)cc3)cs2)cc1.